The van der Waals surface area contributed by atoms with E-state index in [-0.39, 0.29) is 11.8 Å². The molecule has 1 aliphatic carbocycles. The van der Waals surface area contributed by atoms with Gasteiger partial charge in [-0.2, -0.15) is 5.26 Å². The van der Waals surface area contributed by atoms with Crippen molar-refractivity contribution in [3.05, 3.63) is 77.0 Å². The molecule has 0 fully saturated rings. The standard InChI is InChI=1S/C21H19N5O/c1-26(19-7-3-14-8-13(10-22)2-5-16(14)19)15-4-6-18(23)17(9-15)21(24)20-11-25-12-27-20/h2,4-6,8-9,11-12,19,24H,3,7,23H2,1H3/t19-/m1/s1. The zero-order chi connectivity index (χ0) is 19.0. The highest BCUT2D eigenvalue weighted by molar-refractivity contribution is 6.12. The maximum Gasteiger partial charge on any atom is 0.181 e. The lowest BCUT2D eigenvalue weighted by Gasteiger charge is -2.28. The van der Waals surface area contributed by atoms with Gasteiger partial charge in [0.15, 0.2) is 12.2 Å². The van der Waals surface area contributed by atoms with Crippen molar-refractivity contribution in [2.45, 2.75) is 18.9 Å². The number of aryl methyl sites for hydroxylation is 1. The number of fused-ring (bicyclic) bond motifs is 1. The lowest BCUT2D eigenvalue weighted by atomic mass is 10.0. The third-order valence-corrected chi connectivity index (χ3v) is 5.18. The van der Waals surface area contributed by atoms with Crippen LogP contribution in [0.15, 0.2) is 53.4 Å². The van der Waals surface area contributed by atoms with E-state index in [9.17, 15) is 0 Å². The van der Waals surface area contributed by atoms with Gasteiger partial charge < -0.3 is 15.1 Å². The molecule has 3 N–H and O–H groups in total. The van der Waals surface area contributed by atoms with Gasteiger partial charge in [0.2, 0.25) is 0 Å². The van der Waals surface area contributed by atoms with Gasteiger partial charge in [0.05, 0.1) is 23.9 Å². The largest absolute Gasteiger partial charge is 0.442 e. The average Bonchev–Trinajstić information content (AvgIpc) is 3.36. The number of hydrogen-bond acceptors (Lipinski definition) is 6. The van der Waals surface area contributed by atoms with E-state index in [1.807, 2.05) is 37.4 Å². The van der Waals surface area contributed by atoms with Crippen molar-refractivity contribution in [1.29, 1.82) is 10.7 Å². The van der Waals surface area contributed by atoms with Gasteiger partial charge in [0, 0.05) is 24.0 Å². The summed E-state index contributed by atoms with van der Waals surface area (Å²) in [5, 5.41) is 17.5. The van der Waals surface area contributed by atoms with Gasteiger partial charge in [0.25, 0.3) is 0 Å². The minimum absolute atomic E-state index is 0.214. The predicted octanol–water partition coefficient (Wildman–Crippen LogP) is 3.67. The highest BCUT2D eigenvalue weighted by atomic mass is 16.3. The topological polar surface area (TPSA) is 103 Å². The van der Waals surface area contributed by atoms with Crippen LogP contribution in [0.3, 0.4) is 0 Å². The van der Waals surface area contributed by atoms with Crippen molar-refractivity contribution in [3.63, 3.8) is 0 Å². The van der Waals surface area contributed by atoms with Gasteiger partial charge in [-0.3, -0.25) is 5.41 Å². The zero-order valence-electron chi connectivity index (χ0n) is 14.9. The van der Waals surface area contributed by atoms with E-state index >= 15 is 0 Å². The Bertz CT molecular complexity index is 1050. The van der Waals surface area contributed by atoms with Crippen molar-refractivity contribution in [3.8, 4) is 6.07 Å². The van der Waals surface area contributed by atoms with E-state index in [1.54, 1.807) is 0 Å². The van der Waals surface area contributed by atoms with Crippen LogP contribution in [0.25, 0.3) is 0 Å². The SMILES string of the molecule is CN(c1ccc(N)c(C(=N)c2cnco2)c1)[C@@H]1CCc2cc(C#N)ccc21. The molecule has 134 valence electrons. The summed E-state index contributed by atoms with van der Waals surface area (Å²) in [4.78, 5) is 6.08. The summed E-state index contributed by atoms with van der Waals surface area (Å²) in [5.74, 6) is 0.386. The molecule has 0 unspecified atom stereocenters. The number of rotatable bonds is 4. The van der Waals surface area contributed by atoms with Crippen molar-refractivity contribution >= 4 is 17.1 Å². The summed E-state index contributed by atoms with van der Waals surface area (Å²) in [7, 11) is 2.05. The van der Waals surface area contributed by atoms with Gasteiger partial charge in [0.1, 0.15) is 5.71 Å². The van der Waals surface area contributed by atoms with Crippen LogP contribution in [-0.4, -0.2) is 17.7 Å². The number of oxazole rings is 1. The molecule has 1 heterocycles. The van der Waals surface area contributed by atoms with E-state index in [1.165, 1.54) is 23.7 Å². The summed E-state index contributed by atoms with van der Waals surface area (Å²) < 4.78 is 5.24. The smallest absolute Gasteiger partial charge is 0.181 e. The Kier molecular flexibility index (Phi) is 4.13. The number of anilines is 2. The van der Waals surface area contributed by atoms with Gasteiger partial charge in [-0.1, -0.05) is 6.07 Å². The minimum atomic E-state index is 0.214. The quantitative estimate of drug-likeness (QED) is 0.548. The number of hydrogen-bond donors (Lipinski definition) is 2. The number of nitrogen functional groups attached to an aromatic ring is 1. The lowest BCUT2D eigenvalue weighted by Crippen LogP contribution is -2.22. The van der Waals surface area contributed by atoms with Crippen LogP contribution in [0.5, 0.6) is 0 Å². The highest BCUT2D eigenvalue weighted by Crippen LogP contribution is 2.38. The minimum Gasteiger partial charge on any atom is -0.442 e. The molecule has 3 aromatic rings. The summed E-state index contributed by atoms with van der Waals surface area (Å²) in [5.41, 5.74) is 11.6. The molecular weight excluding hydrogens is 338 g/mol. The highest BCUT2D eigenvalue weighted by Gasteiger charge is 2.27. The van der Waals surface area contributed by atoms with Crippen LogP contribution in [-0.2, 0) is 6.42 Å². The van der Waals surface area contributed by atoms with Crippen LogP contribution in [0.1, 0.15) is 40.5 Å². The molecule has 4 rings (SSSR count). The Hall–Kier alpha value is -3.59. The van der Waals surface area contributed by atoms with Crippen LogP contribution < -0.4 is 10.6 Å². The molecule has 1 atom stereocenters. The normalized spacial score (nSPS) is 15.2. The molecule has 0 bridgehead atoms. The summed E-state index contributed by atoms with van der Waals surface area (Å²) in [6.07, 6.45) is 4.76. The molecule has 1 aromatic heterocycles. The summed E-state index contributed by atoms with van der Waals surface area (Å²) >= 11 is 0. The summed E-state index contributed by atoms with van der Waals surface area (Å²) in [6.45, 7) is 0. The first kappa shape index (κ1) is 16.9. The molecule has 0 saturated heterocycles. The number of nitriles is 1. The Morgan fingerprint density at radius 1 is 1.33 bits per heavy atom. The molecule has 6 nitrogen and oxygen atoms in total. The van der Waals surface area contributed by atoms with Gasteiger partial charge >= 0.3 is 0 Å². The van der Waals surface area contributed by atoms with Crippen LogP contribution in [0, 0.1) is 16.7 Å². The van der Waals surface area contributed by atoms with Crippen LogP contribution in [0.4, 0.5) is 11.4 Å². The molecule has 0 saturated carbocycles. The van der Waals surface area contributed by atoms with E-state index in [2.05, 4.69) is 22.0 Å². The second kappa shape index (κ2) is 6.61. The Labute approximate surface area is 157 Å². The number of nitrogens with one attached hydrogen (secondary N) is 1. The lowest BCUT2D eigenvalue weighted by molar-refractivity contribution is 0.548. The van der Waals surface area contributed by atoms with Crippen molar-refractivity contribution in [2.75, 3.05) is 17.7 Å². The molecule has 0 spiro atoms. The van der Waals surface area contributed by atoms with Crippen LogP contribution >= 0.6 is 0 Å². The third kappa shape index (κ3) is 2.93. The molecule has 0 aliphatic heterocycles. The van der Waals surface area contributed by atoms with Gasteiger partial charge in [-0.15, -0.1) is 0 Å². The molecule has 2 aromatic carbocycles. The molecule has 1 aliphatic rings. The third-order valence-electron chi connectivity index (χ3n) is 5.18. The maximum atomic E-state index is 9.10. The van der Waals surface area contributed by atoms with E-state index < -0.39 is 0 Å². The van der Waals surface area contributed by atoms with E-state index in [0.717, 1.165) is 18.5 Å². The summed E-state index contributed by atoms with van der Waals surface area (Å²) in [6, 6.07) is 14.0. The molecule has 0 radical (unpaired) electrons. The molecular formula is C21H19N5O. The van der Waals surface area contributed by atoms with Crippen molar-refractivity contribution < 1.29 is 4.42 Å². The number of nitrogens with two attached hydrogens (primary N) is 1. The Balaban J connectivity index is 1.66. The first-order valence-electron chi connectivity index (χ1n) is 8.71. The van der Waals surface area contributed by atoms with Crippen molar-refractivity contribution in [2.24, 2.45) is 0 Å². The average molecular weight is 357 g/mol. The fourth-order valence-electron chi connectivity index (χ4n) is 3.70. The fourth-order valence-corrected chi connectivity index (χ4v) is 3.70. The van der Waals surface area contributed by atoms with E-state index in [4.69, 9.17) is 20.8 Å². The maximum absolute atomic E-state index is 9.10. The second-order valence-electron chi connectivity index (χ2n) is 6.70. The first-order valence-corrected chi connectivity index (χ1v) is 8.71. The van der Waals surface area contributed by atoms with Gasteiger partial charge in [-0.25, -0.2) is 4.98 Å². The first-order chi connectivity index (χ1) is 13.1. The predicted molar refractivity (Wildman–Crippen MR) is 104 cm³/mol. The molecule has 27 heavy (non-hydrogen) atoms. The number of aromatic nitrogens is 1. The Morgan fingerprint density at radius 3 is 2.93 bits per heavy atom. The molecule has 6 heteroatoms. The monoisotopic (exact) mass is 357 g/mol. The zero-order valence-corrected chi connectivity index (χ0v) is 14.9. The van der Waals surface area contributed by atoms with E-state index in [0.29, 0.717) is 22.6 Å². The van der Waals surface area contributed by atoms with Gasteiger partial charge in [-0.05, 0) is 54.3 Å². The Morgan fingerprint density at radius 2 is 2.19 bits per heavy atom. The number of benzene rings is 2. The van der Waals surface area contributed by atoms with Crippen LogP contribution in [0.2, 0.25) is 0 Å². The number of nitrogens with zero attached hydrogens (tertiary/aromatic N) is 3. The van der Waals surface area contributed by atoms with Crippen molar-refractivity contribution in [1.82, 2.24) is 4.98 Å². The fraction of sp³-hybridized carbons (Fsp3) is 0.190. The second-order valence-corrected chi connectivity index (χ2v) is 6.70. The molecule has 0 amide bonds.